The Morgan fingerprint density at radius 2 is 1.86 bits per heavy atom. The molecule has 2 saturated carbocycles. The Morgan fingerprint density at radius 1 is 1.14 bits per heavy atom. The molecule has 0 aromatic heterocycles. The van der Waals surface area contributed by atoms with Gasteiger partial charge in [-0.2, -0.15) is 0 Å². The van der Waals surface area contributed by atoms with Gasteiger partial charge in [0.05, 0.1) is 6.54 Å². The molecule has 21 heavy (non-hydrogen) atoms. The number of carbonyl (C=O) groups excluding carboxylic acids is 1. The number of hydrogen-bond acceptors (Lipinski definition) is 2. The van der Waals surface area contributed by atoms with Crippen LogP contribution in [0, 0.1) is 5.92 Å². The first-order valence-corrected chi connectivity index (χ1v) is 8.09. The van der Waals surface area contributed by atoms with E-state index in [1.807, 2.05) is 0 Å². The van der Waals surface area contributed by atoms with Crippen LogP contribution < -0.4 is 16.0 Å². The van der Waals surface area contributed by atoms with Gasteiger partial charge in [0.25, 0.3) is 0 Å². The SMILES string of the molecule is CCNC(=NCCNC(=O)CC1CCCC1)NC1CC1.I. The van der Waals surface area contributed by atoms with Crippen molar-refractivity contribution in [3.63, 3.8) is 0 Å². The second-order valence-electron chi connectivity index (χ2n) is 5.88. The number of rotatable bonds is 7. The van der Waals surface area contributed by atoms with E-state index >= 15 is 0 Å². The van der Waals surface area contributed by atoms with Gasteiger partial charge < -0.3 is 16.0 Å². The monoisotopic (exact) mass is 408 g/mol. The average Bonchev–Trinajstić information content (AvgIpc) is 3.09. The van der Waals surface area contributed by atoms with E-state index in [9.17, 15) is 4.79 Å². The zero-order valence-electron chi connectivity index (χ0n) is 13.0. The lowest BCUT2D eigenvalue weighted by Crippen LogP contribution is -2.39. The summed E-state index contributed by atoms with van der Waals surface area (Å²) < 4.78 is 0. The Kier molecular flexibility index (Phi) is 9.03. The molecule has 0 unspecified atom stereocenters. The molecule has 122 valence electrons. The van der Waals surface area contributed by atoms with E-state index in [-0.39, 0.29) is 29.9 Å². The molecule has 0 aliphatic heterocycles. The summed E-state index contributed by atoms with van der Waals surface area (Å²) in [4.78, 5) is 16.2. The van der Waals surface area contributed by atoms with Gasteiger partial charge in [-0.1, -0.05) is 12.8 Å². The lowest BCUT2D eigenvalue weighted by atomic mass is 10.0. The molecule has 0 heterocycles. The number of nitrogens with one attached hydrogen (secondary N) is 3. The molecule has 2 fully saturated rings. The highest BCUT2D eigenvalue weighted by Gasteiger charge is 2.22. The first-order valence-electron chi connectivity index (χ1n) is 8.09. The second-order valence-corrected chi connectivity index (χ2v) is 5.88. The Bertz CT molecular complexity index is 339. The fourth-order valence-electron chi connectivity index (χ4n) is 2.65. The van der Waals surface area contributed by atoms with E-state index in [0.29, 0.717) is 31.5 Å². The van der Waals surface area contributed by atoms with Crippen molar-refractivity contribution in [1.29, 1.82) is 0 Å². The van der Waals surface area contributed by atoms with Crippen molar-refractivity contribution in [3.05, 3.63) is 0 Å². The third kappa shape index (κ3) is 7.87. The van der Waals surface area contributed by atoms with Gasteiger partial charge in [-0.05, 0) is 38.5 Å². The van der Waals surface area contributed by atoms with E-state index in [4.69, 9.17) is 0 Å². The molecule has 3 N–H and O–H groups in total. The minimum atomic E-state index is 0. The van der Waals surface area contributed by atoms with Crippen LogP contribution in [0.15, 0.2) is 4.99 Å². The Morgan fingerprint density at radius 3 is 2.48 bits per heavy atom. The zero-order valence-corrected chi connectivity index (χ0v) is 15.3. The fourth-order valence-corrected chi connectivity index (χ4v) is 2.65. The molecule has 5 nitrogen and oxygen atoms in total. The quantitative estimate of drug-likeness (QED) is 0.261. The number of halogens is 1. The Labute approximate surface area is 145 Å². The van der Waals surface area contributed by atoms with Crippen molar-refractivity contribution in [1.82, 2.24) is 16.0 Å². The van der Waals surface area contributed by atoms with Crippen molar-refractivity contribution in [2.24, 2.45) is 10.9 Å². The highest BCUT2D eigenvalue weighted by molar-refractivity contribution is 14.0. The van der Waals surface area contributed by atoms with Gasteiger partial charge in [0.2, 0.25) is 5.91 Å². The maximum atomic E-state index is 11.8. The summed E-state index contributed by atoms with van der Waals surface area (Å²) in [5, 5.41) is 9.57. The lowest BCUT2D eigenvalue weighted by molar-refractivity contribution is -0.121. The number of nitrogens with zero attached hydrogens (tertiary/aromatic N) is 1. The number of guanidine groups is 1. The van der Waals surface area contributed by atoms with Crippen LogP contribution >= 0.6 is 24.0 Å². The molecule has 0 spiro atoms. The van der Waals surface area contributed by atoms with Crippen LogP contribution in [0.3, 0.4) is 0 Å². The van der Waals surface area contributed by atoms with Gasteiger partial charge in [-0.3, -0.25) is 9.79 Å². The molecular formula is C15H29IN4O. The van der Waals surface area contributed by atoms with E-state index in [1.165, 1.54) is 38.5 Å². The summed E-state index contributed by atoms with van der Waals surface area (Å²) in [5.74, 6) is 1.68. The Balaban J connectivity index is 0.00000220. The fraction of sp³-hybridized carbons (Fsp3) is 0.867. The third-order valence-electron chi connectivity index (χ3n) is 3.92. The van der Waals surface area contributed by atoms with Crippen molar-refractivity contribution < 1.29 is 4.79 Å². The molecule has 2 aliphatic rings. The molecular weight excluding hydrogens is 379 g/mol. The van der Waals surface area contributed by atoms with Crippen LogP contribution in [0.1, 0.15) is 51.9 Å². The molecule has 2 rings (SSSR count). The first kappa shape index (κ1) is 18.5. The summed E-state index contributed by atoms with van der Waals surface area (Å²) in [6.45, 7) is 4.20. The van der Waals surface area contributed by atoms with Gasteiger partial charge in [-0.25, -0.2) is 0 Å². The summed E-state index contributed by atoms with van der Waals surface area (Å²) in [6, 6.07) is 0.602. The highest BCUT2D eigenvalue weighted by atomic mass is 127. The predicted octanol–water partition coefficient (Wildman–Crippen LogP) is 2.02. The average molecular weight is 408 g/mol. The van der Waals surface area contributed by atoms with Crippen LogP contribution in [0.25, 0.3) is 0 Å². The number of hydrogen-bond donors (Lipinski definition) is 3. The van der Waals surface area contributed by atoms with Crippen molar-refractivity contribution in [2.75, 3.05) is 19.6 Å². The standard InChI is InChI=1S/C15H28N4O.HI/c1-2-16-15(19-13-7-8-13)18-10-9-17-14(20)11-12-5-3-4-6-12;/h12-13H,2-11H2,1H3,(H,17,20)(H2,16,18,19);1H. The molecule has 0 radical (unpaired) electrons. The van der Waals surface area contributed by atoms with Gasteiger partial charge in [0.1, 0.15) is 0 Å². The van der Waals surface area contributed by atoms with E-state index in [0.717, 1.165) is 12.5 Å². The molecule has 0 aromatic rings. The van der Waals surface area contributed by atoms with Crippen molar-refractivity contribution >= 4 is 35.8 Å². The number of amides is 1. The minimum Gasteiger partial charge on any atom is -0.357 e. The van der Waals surface area contributed by atoms with Crippen LogP contribution in [0.2, 0.25) is 0 Å². The van der Waals surface area contributed by atoms with Crippen molar-refractivity contribution in [3.8, 4) is 0 Å². The molecule has 0 bridgehead atoms. The smallest absolute Gasteiger partial charge is 0.220 e. The van der Waals surface area contributed by atoms with E-state index in [1.54, 1.807) is 0 Å². The number of aliphatic imine (C=N–C) groups is 1. The third-order valence-corrected chi connectivity index (χ3v) is 3.92. The molecule has 0 atom stereocenters. The summed E-state index contributed by atoms with van der Waals surface area (Å²) >= 11 is 0. The van der Waals surface area contributed by atoms with Crippen LogP contribution in [-0.2, 0) is 4.79 Å². The molecule has 2 aliphatic carbocycles. The summed E-state index contributed by atoms with van der Waals surface area (Å²) in [6.07, 6.45) is 8.21. The van der Waals surface area contributed by atoms with E-state index in [2.05, 4.69) is 27.9 Å². The highest BCUT2D eigenvalue weighted by Crippen LogP contribution is 2.27. The normalized spacial score (nSPS) is 19.0. The first-order chi connectivity index (χ1) is 9.78. The van der Waals surface area contributed by atoms with Crippen LogP contribution in [-0.4, -0.2) is 37.5 Å². The topological polar surface area (TPSA) is 65.5 Å². The second kappa shape index (κ2) is 10.2. The largest absolute Gasteiger partial charge is 0.357 e. The molecule has 6 heteroatoms. The van der Waals surface area contributed by atoms with Gasteiger partial charge in [0.15, 0.2) is 5.96 Å². The van der Waals surface area contributed by atoms with Gasteiger partial charge >= 0.3 is 0 Å². The maximum Gasteiger partial charge on any atom is 0.220 e. The lowest BCUT2D eigenvalue weighted by Gasteiger charge is -2.11. The molecule has 0 saturated heterocycles. The Hall–Kier alpha value is -0.530. The molecule has 1 amide bonds. The maximum absolute atomic E-state index is 11.8. The predicted molar refractivity (Wildman–Crippen MR) is 97.1 cm³/mol. The van der Waals surface area contributed by atoms with Crippen LogP contribution in [0.4, 0.5) is 0 Å². The minimum absolute atomic E-state index is 0. The van der Waals surface area contributed by atoms with Crippen molar-refractivity contribution in [2.45, 2.75) is 57.9 Å². The summed E-state index contributed by atoms with van der Waals surface area (Å²) in [7, 11) is 0. The van der Waals surface area contributed by atoms with Gasteiger partial charge in [0, 0.05) is 25.6 Å². The van der Waals surface area contributed by atoms with Gasteiger partial charge in [-0.15, -0.1) is 24.0 Å². The van der Waals surface area contributed by atoms with Crippen LogP contribution in [0.5, 0.6) is 0 Å². The summed E-state index contributed by atoms with van der Waals surface area (Å²) in [5.41, 5.74) is 0. The molecule has 0 aromatic carbocycles. The van der Waals surface area contributed by atoms with E-state index < -0.39 is 0 Å². The zero-order chi connectivity index (χ0) is 14.2. The number of carbonyl (C=O) groups is 1.